The van der Waals surface area contributed by atoms with Crippen molar-refractivity contribution in [2.45, 2.75) is 0 Å². The molecule has 0 aliphatic rings. The topological polar surface area (TPSA) is 63.4 Å². The third-order valence-electron chi connectivity index (χ3n) is 2.09. The maximum absolute atomic E-state index is 10.3. The van der Waals surface area contributed by atoms with E-state index in [0.29, 0.717) is 24.2 Å². The fourth-order valence-electron chi connectivity index (χ4n) is 1.18. The third-order valence-corrected chi connectivity index (χ3v) is 2.09. The largest absolute Gasteiger partial charge is 0.399 e. The molecule has 0 saturated heterocycles. The number of rotatable bonds is 3. The van der Waals surface area contributed by atoms with Crippen LogP contribution in [0.1, 0.15) is 0 Å². The summed E-state index contributed by atoms with van der Waals surface area (Å²) in [6.07, 6.45) is 0.886. The summed E-state index contributed by atoms with van der Waals surface area (Å²) >= 11 is 0. The van der Waals surface area contributed by atoms with E-state index in [2.05, 4.69) is 0 Å². The third kappa shape index (κ3) is 4.49. The van der Waals surface area contributed by atoms with Crippen molar-refractivity contribution in [3.05, 3.63) is 60.7 Å². The highest BCUT2D eigenvalue weighted by molar-refractivity contribution is 5.95. The van der Waals surface area contributed by atoms with Crippen LogP contribution in [0.5, 0.6) is 0 Å². The van der Waals surface area contributed by atoms with Crippen LogP contribution in [0.4, 0.5) is 11.4 Å². The van der Waals surface area contributed by atoms with Crippen molar-refractivity contribution in [3.8, 4) is 0 Å². The Labute approximate surface area is 106 Å². The molecule has 2 aromatic carbocycles. The molecule has 0 unspecified atom stereocenters. The fourth-order valence-corrected chi connectivity index (χ4v) is 1.18. The zero-order chi connectivity index (χ0) is 13.2. The van der Waals surface area contributed by atoms with Gasteiger partial charge in [-0.3, -0.25) is 14.5 Å². The van der Waals surface area contributed by atoms with Crippen LogP contribution in [-0.2, 0) is 9.59 Å². The second-order valence-electron chi connectivity index (χ2n) is 3.36. The lowest BCUT2D eigenvalue weighted by Gasteiger charge is -2.07. The normalized spacial score (nSPS) is 8.67. The Morgan fingerprint density at radius 3 is 1.50 bits per heavy atom. The number of nitrogens with two attached hydrogens (primary N) is 1. The number of anilines is 2. The van der Waals surface area contributed by atoms with E-state index in [9.17, 15) is 9.59 Å². The zero-order valence-electron chi connectivity index (χ0n) is 9.77. The molecule has 2 N–H and O–H groups in total. The number of nitrogen functional groups attached to an aromatic ring is 1. The molecule has 0 aliphatic heterocycles. The van der Waals surface area contributed by atoms with Crippen molar-refractivity contribution in [2.75, 3.05) is 10.6 Å². The molecule has 92 valence electrons. The molecule has 0 fully saturated rings. The van der Waals surface area contributed by atoms with Crippen molar-refractivity contribution in [1.82, 2.24) is 0 Å². The number of amides is 2. The van der Waals surface area contributed by atoms with Crippen LogP contribution in [-0.4, -0.2) is 12.8 Å². The molecule has 2 amide bonds. The lowest BCUT2D eigenvalue weighted by molar-refractivity contribution is -0.113. The summed E-state index contributed by atoms with van der Waals surface area (Å²) in [6.45, 7) is 0. The maximum atomic E-state index is 10.3. The maximum Gasteiger partial charge on any atom is 0.220 e. The molecule has 4 nitrogen and oxygen atoms in total. The zero-order valence-corrected chi connectivity index (χ0v) is 9.77. The predicted octanol–water partition coefficient (Wildman–Crippen LogP) is 2.07. The number of carbonyl (C=O) groups is 2. The van der Waals surface area contributed by atoms with Gasteiger partial charge in [0.25, 0.3) is 0 Å². The first-order chi connectivity index (χ1) is 8.77. The van der Waals surface area contributed by atoms with Crippen LogP contribution >= 0.6 is 0 Å². The van der Waals surface area contributed by atoms with Crippen molar-refractivity contribution in [3.63, 3.8) is 0 Å². The minimum Gasteiger partial charge on any atom is -0.399 e. The van der Waals surface area contributed by atoms with Crippen LogP contribution < -0.4 is 10.6 Å². The van der Waals surface area contributed by atoms with Crippen molar-refractivity contribution in [2.24, 2.45) is 0 Å². The Hall–Kier alpha value is -2.62. The summed E-state index contributed by atoms with van der Waals surface area (Å²) in [7, 11) is 0. The first-order valence-electron chi connectivity index (χ1n) is 5.32. The summed E-state index contributed by atoms with van der Waals surface area (Å²) < 4.78 is 0. The van der Waals surface area contributed by atoms with Crippen LogP contribution in [0.3, 0.4) is 0 Å². The van der Waals surface area contributed by atoms with Crippen LogP contribution in [0.25, 0.3) is 0 Å². The Bertz CT molecular complexity index is 434. The van der Waals surface area contributed by atoms with E-state index in [0.717, 1.165) is 4.90 Å². The molecule has 0 aliphatic carbocycles. The molecular formula is C14H14N2O2. The number of hydrogen-bond acceptors (Lipinski definition) is 3. The standard InChI is InChI=1S/C8H8N2O2.C6H6/c9-7-1-3-8(4-2-7)10(5-11)6-12;1-2-4-6-5-3-1/h1-6H,9H2;1-6H. The van der Waals surface area contributed by atoms with Gasteiger partial charge in [-0.1, -0.05) is 36.4 Å². The Morgan fingerprint density at radius 1 is 0.778 bits per heavy atom. The van der Waals surface area contributed by atoms with E-state index in [-0.39, 0.29) is 0 Å². The summed E-state index contributed by atoms with van der Waals surface area (Å²) in [5.41, 5.74) is 6.52. The lowest BCUT2D eigenvalue weighted by Crippen LogP contribution is -2.17. The Balaban J connectivity index is 0.000000225. The van der Waals surface area contributed by atoms with Crippen LogP contribution in [0.2, 0.25) is 0 Å². The Morgan fingerprint density at radius 2 is 1.17 bits per heavy atom. The highest BCUT2D eigenvalue weighted by Crippen LogP contribution is 2.13. The van der Waals surface area contributed by atoms with E-state index < -0.39 is 0 Å². The molecule has 18 heavy (non-hydrogen) atoms. The predicted molar refractivity (Wildman–Crippen MR) is 71.9 cm³/mol. The summed E-state index contributed by atoms with van der Waals surface area (Å²) in [4.78, 5) is 21.5. The van der Waals surface area contributed by atoms with Crippen LogP contribution in [0.15, 0.2) is 60.7 Å². The number of imide groups is 1. The smallest absolute Gasteiger partial charge is 0.220 e. The molecule has 2 rings (SSSR count). The monoisotopic (exact) mass is 242 g/mol. The van der Waals surface area contributed by atoms with Gasteiger partial charge in [0.15, 0.2) is 0 Å². The minimum absolute atomic E-state index is 0.443. The molecule has 0 heterocycles. The molecule has 0 aromatic heterocycles. The fraction of sp³-hybridized carbons (Fsp3) is 0. The highest BCUT2D eigenvalue weighted by atomic mass is 16.2. The van der Waals surface area contributed by atoms with Gasteiger partial charge in [0, 0.05) is 5.69 Å². The van der Waals surface area contributed by atoms with Gasteiger partial charge in [0.05, 0.1) is 5.69 Å². The lowest BCUT2D eigenvalue weighted by atomic mass is 10.3. The summed E-state index contributed by atoms with van der Waals surface area (Å²) in [5, 5.41) is 0. The molecule has 0 radical (unpaired) electrons. The number of benzene rings is 2. The second-order valence-corrected chi connectivity index (χ2v) is 3.36. The van der Waals surface area contributed by atoms with Gasteiger partial charge in [0.2, 0.25) is 12.8 Å². The molecule has 0 bridgehead atoms. The highest BCUT2D eigenvalue weighted by Gasteiger charge is 2.00. The van der Waals surface area contributed by atoms with Gasteiger partial charge in [-0.15, -0.1) is 0 Å². The Kier molecular flexibility index (Phi) is 5.69. The summed E-state index contributed by atoms with van der Waals surface area (Å²) in [6, 6.07) is 18.4. The number of nitrogens with zero attached hydrogens (tertiary/aromatic N) is 1. The first-order valence-corrected chi connectivity index (χ1v) is 5.32. The SMILES string of the molecule is Nc1ccc(N(C=O)C=O)cc1.c1ccccc1. The van der Waals surface area contributed by atoms with E-state index >= 15 is 0 Å². The van der Waals surface area contributed by atoms with Crippen molar-refractivity contribution < 1.29 is 9.59 Å². The van der Waals surface area contributed by atoms with Crippen molar-refractivity contribution >= 4 is 24.2 Å². The summed E-state index contributed by atoms with van der Waals surface area (Å²) in [5.74, 6) is 0. The van der Waals surface area contributed by atoms with Gasteiger partial charge in [-0.05, 0) is 24.3 Å². The van der Waals surface area contributed by atoms with Gasteiger partial charge >= 0.3 is 0 Å². The van der Waals surface area contributed by atoms with Gasteiger partial charge in [-0.25, -0.2) is 0 Å². The van der Waals surface area contributed by atoms with E-state index in [1.807, 2.05) is 36.4 Å². The molecule has 0 spiro atoms. The number of carbonyl (C=O) groups excluding carboxylic acids is 2. The molecular weight excluding hydrogens is 228 g/mol. The van der Waals surface area contributed by atoms with Crippen molar-refractivity contribution in [1.29, 1.82) is 0 Å². The average molecular weight is 242 g/mol. The van der Waals surface area contributed by atoms with E-state index in [4.69, 9.17) is 5.73 Å². The molecule has 4 heteroatoms. The van der Waals surface area contributed by atoms with Gasteiger partial charge in [0.1, 0.15) is 0 Å². The van der Waals surface area contributed by atoms with Gasteiger partial charge < -0.3 is 5.73 Å². The number of hydrogen-bond donors (Lipinski definition) is 1. The molecule has 0 atom stereocenters. The van der Waals surface area contributed by atoms with Gasteiger partial charge in [-0.2, -0.15) is 0 Å². The average Bonchev–Trinajstić information content (AvgIpc) is 2.45. The molecule has 0 saturated carbocycles. The minimum atomic E-state index is 0.443. The van der Waals surface area contributed by atoms with E-state index in [1.54, 1.807) is 24.3 Å². The van der Waals surface area contributed by atoms with E-state index in [1.165, 1.54) is 0 Å². The quantitative estimate of drug-likeness (QED) is 0.662. The molecule has 2 aromatic rings. The first kappa shape index (κ1) is 13.4. The van der Waals surface area contributed by atoms with Crippen LogP contribution in [0, 0.1) is 0 Å². The second kappa shape index (κ2) is 7.62.